The van der Waals surface area contributed by atoms with Crippen LogP contribution in [-0.2, 0) is 19.1 Å². The van der Waals surface area contributed by atoms with Crippen LogP contribution in [0.25, 0.3) is 0 Å². The van der Waals surface area contributed by atoms with Gasteiger partial charge in [0.2, 0.25) is 5.91 Å². The Morgan fingerprint density at radius 2 is 1.85 bits per heavy atom. The van der Waals surface area contributed by atoms with Crippen LogP contribution in [0.5, 0.6) is 0 Å². The van der Waals surface area contributed by atoms with Crippen molar-refractivity contribution in [1.29, 1.82) is 0 Å². The van der Waals surface area contributed by atoms with Gasteiger partial charge in [-0.05, 0) is 12.5 Å². The normalized spacial score (nSPS) is 13.1. The molecule has 0 aliphatic rings. The molecule has 0 saturated heterocycles. The largest absolute Gasteiger partial charge is 0.452 e. The third-order valence-electron chi connectivity index (χ3n) is 2.66. The average molecular weight is 278 g/mol. The van der Waals surface area contributed by atoms with E-state index in [1.807, 2.05) is 18.2 Å². The number of nitrogens with two attached hydrogens (primary N) is 1. The highest BCUT2D eigenvalue weighted by molar-refractivity contribution is 5.82. The summed E-state index contributed by atoms with van der Waals surface area (Å²) in [5, 5.41) is 2.67. The zero-order valence-corrected chi connectivity index (χ0v) is 11.5. The van der Waals surface area contributed by atoms with Crippen LogP contribution in [0.15, 0.2) is 30.3 Å². The molecule has 0 fully saturated rings. The molecule has 6 nitrogen and oxygen atoms in total. The van der Waals surface area contributed by atoms with Crippen molar-refractivity contribution in [1.82, 2.24) is 5.32 Å². The Balaban J connectivity index is 2.73. The minimum atomic E-state index is -0.990. The van der Waals surface area contributed by atoms with Gasteiger partial charge in [0.25, 0.3) is 5.91 Å². The van der Waals surface area contributed by atoms with Crippen LogP contribution in [0.4, 0.5) is 0 Å². The first-order valence-electron chi connectivity index (χ1n) is 6.21. The highest BCUT2D eigenvalue weighted by atomic mass is 16.5. The Morgan fingerprint density at radius 1 is 1.25 bits per heavy atom. The van der Waals surface area contributed by atoms with Crippen molar-refractivity contribution >= 4 is 17.8 Å². The second kappa shape index (κ2) is 7.28. The lowest BCUT2D eigenvalue weighted by Crippen LogP contribution is -2.33. The van der Waals surface area contributed by atoms with Crippen LogP contribution in [0.3, 0.4) is 0 Å². The van der Waals surface area contributed by atoms with Gasteiger partial charge in [0.05, 0.1) is 12.5 Å². The number of esters is 1. The van der Waals surface area contributed by atoms with Gasteiger partial charge in [0, 0.05) is 6.92 Å². The van der Waals surface area contributed by atoms with Crippen LogP contribution in [0, 0.1) is 0 Å². The van der Waals surface area contributed by atoms with E-state index in [9.17, 15) is 14.4 Å². The zero-order valence-electron chi connectivity index (χ0n) is 11.5. The minimum absolute atomic E-state index is 0.0682. The lowest BCUT2D eigenvalue weighted by atomic mass is 10.0. The fourth-order valence-electron chi connectivity index (χ4n) is 1.65. The van der Waals surface area contributed by atoms with Crippen molar-refractivity contribution in [2.24, 2.45) is 5.73 Å². The van der Waals surface area contributed by atoms with Crippen molar-refractivity contribution in [3.05, 3.63) is 35.9 Å². The van der Waals surface area contributed by atoms with Crippen LogP contribution in [-0.4, -0.2) is 23.9 Å². The van der Waals surface area contributed by atoms with Gasteiger partial charge < -0.3 is 15.8 Å². The average Bonchev–Trinajstić information content (AvgIpc) is 2.38. The predicted molar refractivity (Wildman–Crippen MR) is 72.4 cm³/mol. The van der Waals surface area contributed by atoms with Gasteiger partial charge in [-0.1, -0.05) is 30.3 Å². The topological polar surface area (TPSA) is 98.5 Å². The number of rotatable bonds is 6. The Bertz CT molecular complexity index is 487. The molecule has 2 amide bonds. The lowest BCUT2D eigenvalue weighted by Gasteiger charge is -2.18. The molecule has 2 atom stereocenters. The number of carbonyl (C=O) groups is 3. The van der Waals surface area contributed by atoms with Gasteiger partial charge in [-0.25, -0.2) is 0 Å². The first-order valence-corrected chi connectivity index (χ1v) is 6.21. The third-order valence-corrected chi connectivity index (χ3v) is 2.66. The molecule has 0 unspecified atom stereocenters. The summed E-state index contributed by atoms with van der Waals surface area (Å²) >= 11 is 0. The molecule has 20 heavy (non-hydrogen) atoms. The monoisotopic (exact) mass is 278 g/mol. The third kappa shape index (κ3) is 5.09. The summed E-state index contributed by atoms with van der Waals surface area (Å²) in [7, 11) is 0. The smallest absolute Gasteiger partial charge is 0.309 e. The molecule has 0 aromatic heterocycles. The number of ether oxygens (including phenoxy) is 1. The summed E-state index contributed by atoms with van der Waals surface area (Å²) in [6.07, 6.45) is -1.06. The van der Waals surface area contributed by atoms with Gasteiger partial charge in [-0.2, -0.15) is 0 Å². The molecule has 0 heterocycles. The van der Waals surface area contributed by atoms with E-state index in [4.69, 9.17) is 10.5 Å². The number of primary amides is 1. The van der Waals surface area contributed by atoms with Gasteiger partial charge >= 0.3 is 5.97 Å². The van der Waals surface area contributed by atoms with Crippen molar-refractivity contribution in [3.8, 4) is 0 Å². The number of benzene rings is 1. The zero-order chi connectivity index (χ0) is 15.1. The molecule has 1 rings (SSSR count). The van der Waals surface area contributed by atoms with E-state index in [-0.39, 0.29) is 12.3 Å². The van der Waals surface area contributed by atoms with Crippen LogP contribution >= 0.6 is 0 Å². The molecule has 0 spiro atoms. The summed E-state index contributed by atoms with van der Waals surface area (Å²) in [6, 6.07) is 8.54. The Hall–Kier alpha value is -2.37. The SMILES string of the molecule is CC(=O)N[C@@H](CC(=O)O[C@H](C)C(N)=O)c1ccccc1. The molecule has 0 bridgehead atoms. The number of hydrogen-bond donors (Lipinski definition) is 2. The number of amides is 2. The number of nitrogens with one attached hydrogen (secondary N) is 1. The molecular formula is C14H18N2O4. The maximum Gasteiger partial charge on any atom is 0.309 e. The predicted octanol–water partition coefficient (Wildman–Crippen LogP) is 0.671. The molecule has 0 saturated carbocycles. The fraction of sp³-hybridized carbons (Fsp3) is 0.357. The summed E-state index contributed by atoms with van der Waals surface area (Å²) in [5.41, 5.74) is 5.80. The van der Waals surface area contributed by atoms with E-state index in [2.05, 4.69) is 5.32 Å². The molecule has 0 aliphatic carbocycles. The van der Waals surface area contributed by atoms with Crippen LogP contribution in [0.1, 0.15) is 31.9 Å². The van der Waals surface area contributed by atoms with Gasteiger partial charge in [0.1, 0.15) is 0 Å². The van der Waals surface area contributed by atoms with Crippen molar-refractivity contribution in [2.45, 2.75) is 32.4 Å². The highest BCUT2D eigenvalue weighted by Crippen LogP contribution is 2.17. The standard InChI is InChI=1S/C14H18N2O4/c1-9(14(15)19)20-13(18)8-12(16-10(2)17)11-6-4-3-5-7-11/h3-7,9,12H,8H2,1-2H3,(H2,15,19)(H,16,17)/t9-,12+/m1/s1. The molecule has 3 N–H and O–H groups in total. The second-order valence-electron chi connectivity index (χ2n) is 4.40. The van der Waals surface area contributed by atoms with Crippen molar-refractivity contribution in [3.63, 3.8) is 0 Å². The molecule has 6 heteroatoms. The summed E-state index contributed by atoms with van der Waals surface area (Å²) in [6.45, 7) is 2.77. The molecule has 1 aromatic carbocycles. The maximum absolute atomic E-state index is 11.7. The van der Waals surface area contributed by atoms with Crippen molar-refractivity contribution in [2.75, 3.05) is 0 Å². The number of hydrogen-bond acceptors (Lipinski definition) is 4. The molecule has 0 aliphatic heterocycles. The summed E-state index contributed by atoms with van der Waals surface area (Å²) in [5.74, 6) is -1.57. The minimum Gasteiger partial charge on any atom is -0.452 e. The highest BCUT2D eigenvalue weighted by Gasteiger charge is 2.21. The van der Waals surface area contributed by atoms with Gasteiger partial charge in [0.15, 0.2) is 6.10 Å². The van der Waals surface area contributed by atoms with Crippen molar-refractivity contribution < 1.29 is 19.1 Å². The van der Waals surface area contributed by atoms with Crippen LogP contribution in [0.2, 0.25) is 0 Å². The summed E-state index contributed by atoms with van der Waals surface area (Å²) < 4.78 is 4.88. The van der Waals surface area contributed by atoms with E-state index in [1.54, 1.807) is 12.1 Å². The van der Waals surface area contributed by atoms with E-state index >= 15 is 0 Å². The second-order valence-corrected chi connectivity index (χ2v) is 4.40. The number of carbonyl (C=O) groups excluding carboxylic acids is 3. The quantitative estimate of drug-likeness (QED) is 0.747. The fourth-order valence-corrected chi connectivity index (χ4v) is 1.65. The molecule has 0 radical (unpaired) electrons. The van der Waals surface area contributed by atoms with Gasteiger partial charge in [-0.15, -0.1) is 0 Å². The first-order chi connectivity index (χ1) is 9.40. The molecule has 108 valence electrons. The van der Waals surface area contributed by atoms with Gasteiger partial charge in [-0.3, -0.25) is 14.4 Å². The maximum atomic E-state index is 11.7. The van der Waals surface area contributed by atoms with Crippen LogP contribution < -0.4 is 11.1 Å². The summed E-state index contributed by atoms with van der Waals surface area (Å²) in [4.78, 5) is 33.8. The molecular weight excluding hydrogens is 260 g/mol. The van der Waals surface area contributed by atoms with E-state index in [1.165, 1.54) is 13.8 Å². The van der Waals surface area contributed by atoms with E-state index in [0.717, 1.165) is 5.56 Å². The Labute approximate surface area is 117 Å². The Kier molecular flexibility index (Phi) is 5.71. The lowest BCUT2D eigenvalue weighted by molar-refractivity contribution is -0.154. The molecule has 1 aromatic rings. The van der Waals surface area contributed by atoms with E-state index in [0.29, 0.717) is 0 Å². The Morgan fingerprint density at radius 3 is 2.35 bits per heavy atom. The first kappa shape index (κ1) is 15.7. The van der Waals surface area contributed by atoms with E-state index < -0.39 is 24.0 Å².